The molecule has 4 unspecified atom stereocenters. The molecule has 1 saturated carbocycles. The van der Waals surface area contributed by atoms with Crippen LogP contribution in [0.3, 0.4) is 0 Å². The molecule has 0 radical (unpaired) electrons. The van der Waals surface area contributed by atoms with Crippen molar-refractivity contribution in [3.63, 3.8) is 0 Å². The molecule has 112 valence electrons. The lowest BCUT2D eigenvalue weighted by Crippen LogP contribution is -2.32. The van der Waals surface area contributed by atoms with Crippen LogP contribution in [0.5, 0.6) is 0 Å². The molecule has 4 heteroatoms. The smallest absolute Gasteiger partial charge is 0.234 e. The van der Waals surface area contributed by atoms with Gasteiger partial charge in [0, 0.05) is 21.9 Å². The van der Waals surface area contributed by atoms with E-state index in [1.807, 2.05) is 0 Å². The normalized spacial score (nSPS) is 30.6. The summed E-state index contributed by atoms with van der Waals surface area (Å²) in [5.41, 5.74) is 0.314. The van der Waals surface area contributed by atoms with Gasteiger partial charge in [-0.15, -0.1) is 0 Å². The van der Waals surface area contributed by atoms with Crippen molar-refractivity contribution in [2.24, 2.45) is 28.6 Å². The fourth-order valence-corrected chi connectivity index (χ4v) is 3.72. The number of carbonyl (C=O) groups is 1. The molecule has 1 rings (SSSR count). The fourth-order valence-electron chi connectivity index (χ4n) is 3.15. The van der Waals surface area contributed by atoms with E-state index in [1.54, 1.807) is 0 Å². The maximum Gasteiger partial charge on any atom is 0.234 e. The van der Waals surface area contributed by atoms with Gasteiger partial charge in [0.25, 0.3) is 0 Å². The summed E-state index contributed by atoms with van der Waals surface area (Å²) in [5.74, 6) is 4.16. The molecule has 1 aliphatic rings. The summed E-state index contributed by atoms with van der Waals surface area (Å²) in [6, 6.07) is 0. The topological polar surface area (TPSA) is 46.2 Å². The zero-order valence-corrected chi connectivity index (χ0v) is 14.2. The molecule has 1 amide bonds. The molecule has 4 atom stereocenters. The minimum atomic E-state index is -2.46. The van der Waals surface area contributed by atoms with Gasteiger partial charge >= 0.3 is 0 Å². The van der Waals surface area contributed by atoms with Gasteiger partial charge in [-0.1, -0.05) is 41.5 Å². The van der Waals surface area contributed by atoms with E-state index >= 15 is 0 Å². The molecular formula is C15H29NO2S. The van der Waals surface area contributed by atoms with Crippen LogP contribution in [0.1, 0.15) is 48.0 Å². The van der Waals surface area contributed by atoms with E-state index in [0.717, 1.165) is 6.42 Å². The molecule has 19 heavy (non-hydrogen) atoms. The molecule has 1 aliphatic carbocycles. The number of hydrogen-bond acceptors (Lipinski definition) is 2. The van der Waals surface area contributed by atoms with Crippen molar-refractivity contribution >= 4 is 21.5 Å². The SMILES string of the molecule is C=S(C)(=O)NC(=O)C1C(CC(C)(C)C)C1C(C)(C)C. The molecule has 0 aromatic heterocycles. The first kappa shape index (κ1) is 16.5. The van der Waals surface area contributed by atoms with E-state index in [2.05, 4.69) is 52.1 Å². The quantitative estimate of drug-likeness (QED) is 0.811. The van der Waals surface area contributed by atoms with Gasteiger partial charge in [-0.05, 0) is 35.0 Å². The van der Waals surface area contributed by atoms with Crippen molar-refractivity contribution in [2.75, 3.05) is 6.26 Å². The number of hydrogen-bond donors (Lipinski definition) is 1. The van der Waals surface area contributed by atoms with Gasteiger partial charge in [0.2, 0.25) is 5.91 Å². The van der Waals surface area contributed by atoms with E-state index < -0.39 is 9.71 Å². The Bertz CT molecular complexity index is 452. The van der Waals surface area contributed by atoms with Gasteiger partial charge in [0.15, 0.2) is 0 Å². The molecule has 0 spiro atoms. The highest BCUT2D eigenvalue weighted by molar-refractivity contribution is 7.98. The Hall–Kier alpha value is -0.510. The lowest BCUT2D eigenvalue weighted by Gasteiger charge is -2.22. The minimum absolute atomic E-state index is 0.0123. The maximum absolute atomic E-state index is 12.2. The molecule has 1 fully saturated rings. The van der Waals surface area contributed by atoms with Crippen LogP contribution in [-0.2, 0) is 14.5 Å². The summed E-state index contributed by atoms with van der Waals surface area (Å²) in [6.07, 6.45) is 2.49. The summed E-state index contributed by atoms with van der Waals surface area (Å²) in [6.45, 7) is 13.1. The van der Waals surface area contributed by atoms with E-state index in [1.165, 1.54) is 6.26 Å². The average molecular weight is 287 g/mol. The number of carbonyl (C=O) groups excluding carboxylic acids is 1. The molecule has 0 bridgehead atoms. The van der Waals surface area contributed by atoms with Crippen molar-refractivity contribution in [3.8, 4) is 0 Å². The van der Waals surface area contributed by atoms with Crippen LogP contribution in [0, 0.1) is 28.6 Å². The summed E-state index contributed by atoms with van der Waals surface area (Å²) in [4.78, 5) is 12.2. The van der Waals surface area contributed by atoms with Crippen LogP contribution >= 0.6 is 0 Å². The van der Waals surface area contributed by atoms with Crippen LogP contribution in [-0.4, -0.2) is 22.2 Å². The highest BCUT2D eigenvalue weighted by Gasteiger charge is 2.59. The number of amides is 1. The Morgan fingerprint density at radius 2 is 1.68 bits per heavy atom. The van der Waals surface area contributed by atoms with Crippen LogP contribution in [0.4, 0.5) is 0 Å². The highest BCUT2D eigenvalue weighted by Crippen LogP contribution is 2.60. The van der Waals surface area contributed by atoms with E-state index in [0.29, 0.717) is 11.8 Å². The second-order valence-corrected chi connectivity index (χ2v) is 10.5. The predicted molar refractivity (Wildman–Crippen MR) is 83.3 cm³/mol. The zero-order valence-electron chi connectivity index (χ0n) is 13.4. The van der Waals surface area contributed by atoms with Gasteiger partial charge in [-0.25, -0.2) is 4.21 Å². The third-order valence-electron chi connectivity index (χ3n) is 3.64. The van der Waals surface area contributed by atoms with Crippen molar-refractivity contribution in [1.29, 1.82) is 0 Å². The van der Waals surface area contributed by atoms with Crippen molar-refractivity contribution in [1.82, 2.24) is 4.72 Å². The molecule has 0 aromatic carbocycles. The van der Waals surface area contributed by atoms with Gasteiger partial charge in [-0.2, -0.15) is 0 Å². The summed E-state index contributed by atoms with van der Waals surface area (Å²) >= 11 is 0. The summed E-state index contributed by atoms with van der Waals surface area (Å²) in [7, 11) is -2.46. The van der Waals surface area contributed by atoms with Crippen LogP contribution in [0.25, 0.3) is 0 Å². The highest BCUT2D eigenvalue weighted by atomic mass is 32.2. The molecule has 0 saturated heterocycles. The largest absolute Gasteiger partial charge is 0.283 e. The van der Waals surface area contributed by atoms with Crippen LogP contribution < -0.4 is 4.72 Å². The monoisotopic (exact) mass is 287 g/mol. The molecule has 1 N–H and O–H groups in total. The first-order valence-electron chi connectivity index (χ1n) is 6.86. The maximum atomic E-state index is 12.2. The van der Waals surface area contributed by atoms with Crippen LogP contribution in [0.15, 0.2) is 0 Å². The lowest BCUT2D eigenvalue weighted by atomic mass is 9.84. The van der Waals surface area contributed by atoms with Crippen molar-refractivity contribution in [3.05, 3.63) is 0 Å². The third-order valence-corrected chi connectivity index (χ3v) is 4.27. The molecule has 0 aliphatic heterocycles. The molecular weight excluding hydrogens is 258 g/mol. The lowest BCUT2D eigenvalue weighted by molar-refractivity contribution is -0.121. The molecule has 3 nitrogen and oxygen atoms in total. The predicted octanol–water partition coefficient (Wildman–Crippen LogP) is 2.71. The summed E-state index contributed by atoms with van der Waals surface area (Å²) in [5, 5.41) is 0. The Morgan fingerprint density at radius 1 is 1.21 bits per heavy atom. The van der Waals surface area contributed by atoms with E-state index in [4.69, 9.17) is 0 Å². The average Bonchev–Trinajstić information content (AvgIpc) is 2.70. The van der Waals surface area contributed by atoms with E-state index in [9.17, 15) is 9.00 Å². The van der Waals surface area contributed by atoms with Gasteiger partial charge in [0.05, 0.1) is 0 Å². The van der Waals surface area contributed by atoms with Crippen molar-refractivity contribution < 1.29 is 9.00 Å². The molecule has 0 heterocycles. The second-order valence-electron chi connectivity index (χ2n) is 8.32. The standard InChI is InChI=1S/C15H29NO2S/c1-14(2,3)9-10-11(12(10)15(4,5)6)13(17)16-19(7,8)18/h10-12H,7,9H2,1-6,8H3,(H,16,17,18). The van der Waals surface area contributed by atoms with Gasteiger partial charge < -0.3 is 0 Å². The Kier molecular flexibility index (Phi) is 4.18. The Morgan fingerprint density at radius 3 is 2.00 bits per heavy atom. The summed E-state index contributed by atoms with van der Waals surface area (Å²) < 4.78 is 14.2. The number of nitrogens with one attached hydrogen (secondary N) is 1. The minimum Gasteiger partial charge on any atom is -0.283 e. The van der Waals surface area contributed by atoms with Gasteiger partial charge in [0.1, 0.15) is 0 Å². The van der Waals surface area contributed by atoms with E-state index in [-0.39, 0.29) is 22.7 Å². The number of rotatable bonds is 3. The van der Waals surface area contributed by atoms with Crippen LogP contribution in [0.2, 0.25) is 0 Å². The second kappa shape index (κ2) is 4.80. The third kappa shape index (κ3) is 4.83. The fraction of sp³-hybridized carbons (Fsp3) is 0.867. The zero-order chi connectivity index (χ0) is 15.2. The Labute approximate surface area is 118 Å². The first-order valence-corrected chi connectivity index (χ1v) is 9.00. The van der Waals surface area contributed by atoms with Gasteiger partial charge in [-0.3, -0.25) is 9.52 Å². The molecule has 0 aromatic rings. The van der Waals surface area contributed by atoms with Crippen molar-refractivity contribution in [2.45, 2.75) is 48.0 Å². The Balaban J connectivity index is 2.84. The first-order chi connectivity index (χ1) is 8.22.